The summed E-state index contributed by atoms with van der Waals surface area (Å²) >= 11 is 0. The molecule has 14 heavy (non-hydrogen) atoms. The van der Waals surface area contributed by atoms with Crippen molar-refractivity contribution in [2.24, 2.45) is 5.73 Å². The molecular formula is C7H19N2O4P. The summed E-state index contributed by atoms with van der Waals surface area (Å²) in [6, 6.07) is 0. The highest BCUT2D eigenvalue weighted by Gasteiger charge is 2.14. The van der Waals surface area contributed by atoms with E-state index in [1.54, 1.807) is 0 Å². The summed E-state index contributed by atoms with van der Waals surface area (Å²) in [5, 5.41) is 0. The van der Waals surface area contributed by atoms with Gasteiger partial charge >= 0.3 is 0 Å². The maximum absolute atomic E-state index is 10.7. The average Bonchev–Trinajstić information content (AvgIpc) is 2.03. The van der Waals surface area contributed by atoms with Crippen LogP contribution < -0.4 is 16.8 Å². The fraction of sp³-hybridized carbons (Fsp3) is 0.857. The minimum absolute atomic E-state index is 0. The predicted octanol–water partition coefficient (Wildman–Crippen LogP) is 1.59. The summed E-state index contributed by atoms with van der Waals surface area (Å²) in [6.07, 6.45) is 3.62. The minimum atomic E-state index is -4.42. The van der Waals surface area contributed by atoms with Crippen molar-refractivity contribution in [3.8, 4) is 0 Å². The number of carbonyl (C=O) groups is 1. The van der Waals surface area contributed by atoms with Gasteiger partial charge in [0.2, 0.25) is 7.60 Å². The topological polar surface area (TPSA) is 129 Å². The molecule has 0 aliphatic carbocycles. The van der Waals surface area contributed by atoms with Crippen molar-refractivity contribution in [2.75, 3.05) is 6.61 Å². The fourth-order valence-corrected chi connectivity index (χ4v) is 1.27. The minimum Gasteiger partial charge on any atom is -0.772 e. The Morgan fingerprint density at radius 1 is 1.43 bits per heavy atom. The van der Waals surface area contributed by atoms with Crippen molar-refractivity contribution in [2.45, 2.75) is 32.6 Å². The molecule has 1 atom stereocenters. The van der Waals surface area contributed by atoms with Gasteiger partial charge in [0.05, 0.1) is 6.61 Å². The molecule has 0 radical (unpaired) electrons. The first-order valence-corrected chi connectivity index (χ1v) is 5.80. The van der Waals surface area contributed by atoms with Crippen LogP contribution in [0.15, 0.2) is 0 Å². The average molecular weight is 226 g/mol. The fourth-order valence-electron chi connectivity index (χ4n) is 0.777. The molecule has 86 valence electrons. The van der Waals surface area contributed by atoms with Crippen LogP contribution in [0.5, 0.6) is 0 Å². The number of primary amides is 1. The van der Waals surface area contributed by atoms with E-state index in [0.717, 1.165) is 19.3 Å². The molecular weight excluding hydrogens is 207 g/mol. The monoisotopic (exact) mass is 226 g/mol. The second-order valence-corrected chi connectivity index (χ2v) is 4.42. The van der Waals surface area contributed by atoms with Crippen LogP contribution in [0.2, 0.25) is 0 Å². The molecule has 6 N–H and O–H groups in total. The zero-order valence-electron chi connectivity index (χ0n) is 8.69. The van der Waals surface area contributed by atoms with Gasteiger partial charge in [0.25, 0.3) is 5.65 Å². The van der Waals surface area contributed by atoms with Gasteiger partial charge < -0.3 is 21.3 Å². The molecule has 0 aromatic heterocycles. The number of quaternary nitrogens is 1. The summed E-state index contributed by atoms with van der Waals surface area (Å²) < 4.78 is 15.1. The number of amides is 1. The molecule has 0 heterocycles. The molecule has 0 aliphatic rings. The number of hydrogen-bond donors (Lipinski definition) is 2. The van der Waals surface area contributed by atoms with Crippen molar-refractivity contribution in [1.29, 1.82) is 0 Å². The quantitative estimate of drug-likeness (QED) is 0.504. The van der Waals surface area contributed by atoms with Gasteiger partial charge in [0.1, 0.15) is 0 Å². The van der Waals surface area contributed by atoms with Crippen molar-refractivity contribution >= 4 is 13.2 Å². The SMILES string of the molecule is CCCCCCOP(=O)([O-])C(N)=O.[NH4+]. The third kappa shape index (κ3) is 7.03. The Morgan fingerprint density at radius 3 is 2.43 bits per heavy atom. The van der Waals surface area contributed by atoms with Gasteiger partial charge in [-0.05, 0) is 6.42 Å². The van der Waals surface area contributed by atoms with Gasteiger partial charge in [-0.3, -0.25) is 9.36 Å². The standard InChI is InChI=1S/C7H16NO4P.H3N/c1-2-3-4-5-6-12-13(10,11)7(8)9;/h2-6H2,1H3,(H2,8,9)(H,10,11);1H3. The third-order valence-corrected chi connectivity index (χ3v) is 2.59. The highest BCUT2D eigenvalue weighted by molar-refractivity contribution is 7.69. The second-order valence-electron chi connectivity index (χ2n) is 2.73. The lowest BCUT2D eigenvalue weighted by Gasteiger charge is -2.18. The lowest BCUT2D eigenvalue weighted by atomic mass is 10.2. The Hall–Kier alpha value is -0.420. The molecule has 0 saturated carbocycles. The molecule has 0 rings (SSSR count). The third-order valence-electron chi connectivity index (χ3n) is 1.53. The van der Waals surface area contributed by atoms with E-state index < -0.39 is 13.2 Å². The van der Waals surface area contributed by atoms with Gasteiger partial charge in [0.15, 0.2) is 0 Å². The maximum atomic E-state index is 10.7. The number of hydrogen-bond acceptors (Lipinski definition) is 4. The van der Waals surface area contributed by atoms with Crippen molar-refractivity contribution < 1.29 is 18.8 Å². The van der Waals surface area contributed by atoms with E-state index in [1.165, 1.54) is 0 Å². The van der Waals surface area contributed by atoms with Gasteiger partial charge in [-0.1, -0.05) is 26.2 Å². The molecule has 1 unspecified atom stereocenters. The summed E-state index contributed by atoms with van der Waals surface area (Å²) in [6.45, 7) is 2.09. The van der Waals surface area contributed by atoms with Crippen LogP contribution in [-0.4, -0.2) is 12.3 Å². The molecule has 0 aromatic rings. The number of unbranched alkanes of at least 4 members (excludes halogenated alkanes) is 3. The predicted molar refractivity (Wildman–Crippen MR) is 53.3 cm³/mol. The van der Waals surface area contributed by atoms with Crippen molar-refractivity contribution in [1.82, 2.24) is 6.15 Å². The highest BCUT2D eigenvalue weighted by Crippen LogP contribution is 2.36. The van der Waals surface area contributed by atoms with Gasteiger partial charge in [0, 0.05) is 0 Å². The first-order valence-electron chi connectivity index (χ1n) is 4.26. The second kappa shape index (κ2) is 7.94. The maximum Gasteiger partial charge on any atom is 0.288 e. The molecule has 0 saturated heterocycles. The van der Waals surface area contributed by atoms with E-state index in [1.807, 2.05) is 6.92 Å². The summed E-state index contributed by atoms with van der Waals surface area (Å²) in [7, 11) is -4.42. The zero-order valence-corrected chi connectivity index (χ0v) is 9.59. The highest BCUT2D eigenvalue weighted by atomic mass is 31.2. The molecule has 6 nitrogen and oxygen atoms in total. The lowest BCUT2D eigenvalue weighted by molar-refractivity contribution is -0.193. The van der Waals surface area contributed by atoms with Crippen LogP contribution >= 0.6 is 7.60 Å². The van der Waals surface area contributed by atoms with Crippen LogP contribution in [0, 0.1) is 0 Å². The van der Waals surface area contributed by atoms with Crippen LogP contribution in [0.1, 0.15) is 32.6 Å². The van der Waals surface area contributed by atoms with Crippen LogP contribution in [-0.2, 0) is 9.09 Å². The van der Waals surface area contributed by atoms with Gasteiger partial charge in [-0.25, -0.2) is 0 Å². The zero-order chi connectivity index (χ0) is 10.3. The lowest BCUT2D eigenvalue weighted by Crippen LogP contribution is -2.20. The first-order chi connectivity index (χ1) is 6.00. The number of nitrogens with two attached hydrogens (primary N) is 1. The van der Waals surface area contributed by atoms with E-state index in [2.05, 4.69) is 10.3 Å². The van der Waals surface area contributed by atoms with Crippen LogP contribution in [0.25, 0.3) is 0 Å². The summed E-state index contributed by atoms with van der Waals surface area (Å²) in [5.74, 6) is 0. The van der Waals surface area contributed by atoms with E-state index in [4.69, 9.17) is 0 Å². The smallest absolute Gasteiger partial charge is 0.288 e. The molecule has 0 spiro atoms. The summed E-state index contributed by atoms with van der Waals surface area (Å²) in [5.41, 5.74) is 3.17. The Balaban J connectivity index is 0. The first kappa shape index (κ1) is 16.0. The van der Waals surface area contributed by atoms with Crippen molar-refractivity contribution in [3.63, 3.8) is 0 Å². The largest absolute Gasteiger partial charge is 0.772 e. The van der Waals surface area contributed by atoms with Crippen molar-refractivity contribution in [3.05, 3.63) is 0 Å². The Labute approximate surface area is 83.9 Å². The van der Waals surface area contributed by atoms with E-state index in [-0.39, 0.29) is 12.8 Å². The Morgan fingerprint density at radius 2 is 2.00 bits per heavy atom. The number of rotatable bonds is 7. The Bertz CT molecular complexity index is 210. The van der Waals surface area contributed by atoms with E-state index >= 15 is 0 Å². The molecule has 0 aliphatic heterocycles. The molecule has 1 amide bonds. The van der Waals surface area contributed by atoms with Gasteiger partial charge in [-0.15, -0.1) is 0 Å². The van der Waals surface area contributed by atoms with E-state index in [9.17, 15) is 14.3 Å². The summed E-state index contributed by atoms with van der Waals surface area (Å²) in [4.78, 5) is 21.0. The van der Waals surface area contributed by atoms with E-state index in [0.29, 0.717) is 6.42 Å². The Kier molecular flexibility index (Phi) is 9.08. The number of carbonyl (C=O) groups excluding carboxylic acids is 1. The van der Waals surface area contributed by atoms with Gasteiger partial charge in [-0.2, -0.15) is 0 Å². The molecule has 0 aromatic carbocycles. The normalized spacial score (nSPS) is 14.1. The van der Waals surface area contributed by atoms with Crippen LogP contribution in [0.3, 0.4) is 0 Å². The molecule has 7 heteroatoms. The molecule has 0 fully saturated rings. The molecule has 0 bridgehead atoms. The van der Waals surface area contributed by atoms with Crippen LogP contribution in [0.4, 0.5) is 4.79 Å².